The Morgan fingerprint density at radius 2 is 1.76 bits per heavy atom. The molecule has 0 radical (unpaired) electrons. The summed E-state index contributed by atoms with van der Waals surface area (Å²) in [5, 5.41) is 29.9. The summed E-state index contributed by atoms with van der Waals surface area (Å²) in [6.45, 7) is -0.227. The summed E-state index contributed by atoms with van der Waals surface area (Å²) in [6.07, 6.45) is 0. The number of phenols is 1. The summed E-state index contributed by atoms with van der Waals surface area (Å²) in [4.78, 5) is 48.8. The minimum absolute atomic E-state index is 0.0537. The predicted molar refractivity (Wildman–Crippen MR) is 124 cm³/mol. The van der Waals surface area contributed by atoms with Crippen molar-refractivity contribution in [2.24, 2.45) is 0 Å². The number of carbonyl (C=O) groups excluding carboxylic acids is 4. The van der Waals surface area contributed by atoms with Crippen molar-refractivity contribution in [2.45, 2.75) is 12.6 Å². The van der Waals surface area contributed by atoms with Crippen LogP contribution >= 0.6 is 22.9 Å². The lowest BCUT2D eigenvalue weighted by molar-refractivity contribution is -0.307. The molecule has 4 N–H and O–H groups in total. The van der Waals surface area contributed by atoms with E-state index in [1.807, 2.05) is 0 Å². The highest BCUT2D eigenvalue weighted by Crippen LogP contribution is 2.19. The van der Waals surface area contributed by atoms with Gasteiger partial charge in [-0.3, -0.25) is 14.4 Å². The molecule has 0 spiro atoms. The summed E-state index contributed by atoms with van der Waals surface area (Å²) >= 11 is 7.35. The first-order chi connectivity index (χ1) is 16.2. The normalized spacial score (nSPS) is 11.3. The number of carboxylic acid groups (broad SMARTS) is 1. The number of thiophene rings is 1. The van der Waals surface area contributed by atoms with Crippen LogP contribution in [0, 0.1) is 0 Å². The van der Waals surface area contributed by atoms with Crippen molar-refractivity contribution < 1.29 is 29.4 Å². The number of phenolic OH excluding ortho intramolecular Hbond substituents is 1. The highest BCUT2D eigenvalue weighted by Gasteiger charge is 2.19. The molecule has 0 aliphatic carbocycles. The SMILES string of the molecule is O=C(NCc1cccc(O)c1)c1ccc(C(=O)N[C@@H](CNC(=O)c2cccs2)C(=O)[O-])c(Cl)c1. The number of carboxylic acids is 1. The van der Waals surface area contributed by atoms with Crippen LogP contribution in [0.15, 0.2) is 60.0 Å². The molecule has 3 aromatic rings. The molecule has 3 amide bonds. The number of hydrogen-bond donors (Lipinski definition) is 4. The van der Waals surface area contributed by atoms with Crippen LogP contribution in [0.5, 0.6) is 5.75 Å². The minimum Gasteiger partial charge on any atom is -0.548 e. The van der Waals surface area contributed by atoms with E-state index in [0.717, 1.165) is 0 Å². The van der Waals surface area contributed by atoms with Gasteiger partial charge in [-0.2, -0.15) is 0 Å². The van der Waals surface area contributed by atoms with Gasteiger partial charge >= 0.3 is 0 Å². The van der Waals surface area contributed by atoms with Crippen LogP contribution in [-0.4, -0.2) is 41.4 Å². The van der Waals surface area contributed by atoms with Crippen LogP contribution in [0.3, 0.4) is 0 Å². The van der Waals surface area contributed by atoms with E-state index in [4.69, 9.17) is 11.6 Å². The minimum atomic E-state index is -1.58. The van der Waals surface area contributed by atoms with Crippen molar-refractivity contribution in [3.05, 3.63) is 86.6 Å². The Labute approximate surface area is 203 Å². The van der Waals surface area contributed by atoms with E-state index >= 15 is 0 Å². The third-order valence-electron chi connectivity index (χ3n) is 4.64. The second-order valence-corrected chi connectivity index (χ2v) is 8.43. The van der Waals surface area contributed by atoms with Crippen LogP contribution in [-0.2, 0) is 11.3 Å². The number of halogens is 1. The first kappa shape index (κ1) is 24.7. The molecule has 1 atom stereocenters. The maximum atomic E-state index is 12.6. The standard InChI is InChI=1S/C23H20ClN3O6S/c24-17-10-14(20(29)25-11-13-3-1-4-15(28)9-13)6-7-16(17)21(30)27-18(23(32)33)12-26-22(31)19-5-2-8-34-19/h1-10,18,28H,11-12H2,(H,25,29)(H,26,31)(H,27,30)(H,32,33)/p-1/t18-/m0/s1. The Kier molecular flexibility index (Phi) is 8.23. The van der Waals surface area contributed by atoms with Crippen molar-refractivity contribution in [3.63, 3.8) is 0 Å². The number of nitrogens with one attached hydrogen (secondary N) is 3. The lowest BCUT2D eigenvalue weighted by atomic mass is 10.1. The van der Waals surface area contributed by atoms with Crippen molar-refractivity contribution in [1.82, 2.24) is 16.0 Å². The summed E-state index contributed by atoms with van der Waals surface area (Å²) in [5.41, 5.74) is 0.818. The molecule has 0 fully saturated rings. The van der Waals surface area contributed by atoms with E-state index in [1.54, 1.807) is 29.6 Å². The molecule has 1 heterocycles. The van der Waals surface area contributed by atoms with E-state index in [9.17, 15) is 29.4 Å². The van der Waals surface area contributed by atoms with Gasteiger partial charge in [-0.25, -0.2) is 0 Å². The number of amides is 3. The van der Waals surface area contributed by atoms with Gasteiger partial charge in [-0.05, 0) is 47.3 Å². The molecule has 0 saturated carbocycles. The van der Waals surface area contributed by atoms with Crippen LogP contribution in [0.1, 0.15) is 36.0 Å². The van der Waals surface area contributed by atoms with Gasteiger partial charge in [0.05, 0.1) is 27.5 Å². The van der Waals surface area contributed by atoms with E-state index < -0.39 is 36.3 Å². The van der Waals surface area contributed by atoms with E-state index in [0.29, 0.717) is 10.4 Å². The summed E-state index contributed by atoms with van der Waals surface area (Å²) in [6, 6.07) is 12.1. The molecule has 0 saturated heterocycles. The van der Waals surface area contributed by atoms with E-state index in [2.05, 4.69) is 16.0 Å². The molecule has 1 aromatic heterocycles. The molecule has 0 unspecified atom stereocenters. The lowest BCUT2D eigenvalue weighted by Crippen LogP contribution is -2.53. The molecule has 0 aliphatic rings. The molecular weight excluding hydrogens is 482 g/mol. The van der Waals surface area contributed by atoms with Gasteiger partial charge in [-0.1, -0.05) is 29.8 Å². The number of carbonyl (C=O) groups is 4. The van der Waals surface area contributed by atoms with E-state index in [1.165, 1.54) is 41.7 Å². The first-order valence-corrected chi connectivity index (χ1v) is 11.2. The van der Waals surface area contributed by atoms with Crippen molar-refractivity contribution in [2.75, 3.05) is 6.54 Å². The van der Waals surface area contributed by atoms with Crippen LogP contribution < -0.4 is 21.1 Å². The van der Waals surface area contributed by atoms with Gasteiger partial charge in [0.2, 0.25) is 0 Å². The van der Waals surface area contributed by atoms with Gasteiger partial charge in [0, 0.05) is 18.7 Å². The third kappa shape index (κ3) is 6.56. The fourth-order valence-corrected chi connectivity index (χ4v) is 3.82. The number of rotatable bonds is 9. The summed E-state index contributed by atoms with van der Waals surface area (Å²) < 4.78 is 0. The number of aliphatic carboxylic acids is 1. The third-order valence-corrected chi connectivity index (χ3v) is 5.82. The van der Waals surface area contributed by atoms with E-state index in [-0.39, 0.29) is 28.4 Å². The number of benzene rings is 2. The quantitative estimate of drug-likeness (QED) is 0.348. The zero-order valence-electron chi connectivity index (χ0n) is 17.5. The lowest BCUT2D eigenvalue weighted by Gasteiger charge is -2.20. The van der Waals surface area contributed by atoms with Crippen LogP contribution in [0.25, 0.3) is 0 Å². The Balaban J connectivity index is 1.60. The fourth-order valence-electron chi connectivity index (χ4n) is 2.91. The zero-order chi connectivity index (χ0) is 24.7. The predicted octanol–water partition coefficient (Wildman–Crippen LogP) is 1.32. The van der Waals surface area contributed by atoms with Crippen molar-refractivity contribution in [3.8, 4) is 5.75 Å². The zero-order valence-corrected chi connectivity index (χ0v) is 19.1. The Morgan fingerprint density at radius 1 is 0.971 bits per heavy atom. The Morgan fingerprint density at radius 3 is 2.41 bits per heavy atom. The van der Waals surface area contributed by atoms with Crippen LogP contribution in [0.2, 0.25) is 5.02 Å². The molecular formula is C23H19ClN3O6S-. The second-order valence-electron chi connectivity index (χ2n) is 7.08. The average Bonchev–Trinajstić information content (AvgIpc) is 3.34. The van der Waals surface area contributed by atoms with Gasteiger partial charge in [-0.15, -0.1) is 11.3 Å². The Bertz CT molecular complexity index is 1220. The highest BCUT2D eigenvalue weighted by atomic mass is 35.5. The smallest absolute Gasteiger partial charge is 0.261 e. The molecule has 34 heavy (non-hydrogen) atoms. The maximum absolute atomic E-state index is 12.6. The second kappa shape index (κ2) is 11.3. The Hall–Kier alpha value is -3.89. The van der Waals surface area contributed by atoms with Crippen molar-refractivity contribution >= 4 is 46.6 Å². The van der Waals surface area contributed by atoms with Gasteiger partial charge in [0.15, 0.2) is 0 Å². The largest absolute Gasteiger partial charge is 0.548 e. The summed E-state index contributed by atoms with van der Waals surface area (Å²) in [5.74, 6) is -3.25. The first-order valence-electron chi connectivity index (χ1n) is 9.93. The highest BCUT2D eigenvalue weighted by molar-refractivity contribution is 7.12. The molecule has 0 bridgehead atoms. The number of hydrogen-bond acceptors (Lipinski definition) is 7. The molecule has 9 nitrogen and oxygen atoms in total. The number of aromatic hydroxyl groups is 1. The van der Waals surface area contributed by atoms with Gasteiger partial charge < -0.3 is 31.0 Å². The fraction of sp³-hybridized carbons (Fsp3) is 0.130. The molecule has 2 aromatic carbocycles. The molecule has 0 aliphatic heterocycles. The van der Waals surface area contributed by atoms with Gasteiger partial charge in [0.1, 0.15) is 5.75 Å². The monoisotopic (exact) mass is 500 g/mol. The van der Waals surface area contributed by atoms with Gasteiger partial charge in [0.25, 0.3) is 17.7 Å². The van der Waals surface area contributed by atoms with Crippen LogP contribution in [0.4, 0.5) is 0 Å². The average molecular weight is 501 g/mol. The molecule has 11 heteroatoms. The van der Waals surface area contributed by atoms with Crippen molar-refractivity contribution in [1.29, 1.82) is 0 Å². The molecule has 3 rings (SSSR count). The maximum Gasteiger partial charge on any atom is 0.261 e. The topological polar surface area (TPSA) is 148 Å². The molecule has 176 valence electrons. The summed E-state index contributed by atoms with van der Waals surface area (Å²) in [7, 11) is 0.